The molecule has 10 heteroatoms. The lowest BCUT2D eigenvalue weighted by Gasteiger charge is -2.28. The smallest absolute Gasteiger partial charge is 0.311 e. The Morgan fingerprint density at radius 2 is 1.91 bits per heavy atom. The monoisotopic (exact) mass is 461 g/mol. The van der Waals surface area contributed by atoms with E-state index in [0.717, 1.165) is 12.8 Å². The number of nitro benzene ring substituents is 1. The lowest BCUT2D eigenvalue weighted by atomic mass is 10.1. The summed E-state index contributed by atoms with van der Waals surface area (Å²) in [6, 6.07) is 8.75. The highest BCUT2D eigenvalue weighted by molar-refractivity contribution is 5.88. The van der Waals surface area contributed by atoms with Crippen LogP contribution in [-0.4, -0.2) is 47.9 Å². The van der Waals surface area contributed by atoms with Crippen molar-refractivity contribution in [3.05, 3.63) is 64.0 Å². The van der Waals surface area contributed by atoms with Crippen LogP contribution in [0.25, 0.3) is 0 Å². The second-order valence-electron chi connectivity index (χ2n) is 7.35. The number of carbonyl (C=O) groups excluding carboxylic acids is 2. The predicted molar refractivity (Wildman–Crippen MR) is 119 cm³/mol. The number of hydrogen-bond donors (Lipinski definition) is 1. The topological polar surface area (TPSA) is 111 Å². The van der Waals surface area contributed by atoms with E-state index in [0.29, 0.717) is 12.1 Å². The molecule has 0 heterocycles. The molecule has 9 nitrogen and oxygen atoms in total. The molecule has 0 saturated carbocycles. The molecule has 0 saturated heterocycles. The lowest BCUT2D eigenvalue weighted by Crippen LogP contribution is -2.49. The minimum Gasteiger partial charge on any atom is -0.490 e. The summed E-state index contributed by atoms with van der Waals surface area (Å²) >= 11 is 0. The van der Waals surface area contributed by atoms with Crippen LogP contribution < -0.4 is 14.8 Å². The number of ether oxygens (including phenoxy) is 2. The first-order valence-corrected chi connectivity index (χ1v) is 10.5. The van der Waals surface area contributed by atoms with Gasteiger partial charge in [-0.2, -0.15) is 0 Å². The Morgan fingerprint density at radius 1 is 1.21 bits per heavy atom. The van der Waals surface area contributed by atoms with E-state index in [2.05, 4.69) is 5.32 Å². The number of rotatable bonds is 12. The van der Waals surface area contributed by atoms with Crippen molar-refractivity contribution in [2.24, 2.45) is 0 Å². The molecule has 0 aliphatic heterocycles. The van der Waals surface area contributed by atoms with Crippen molar-refractivity contribution in [1.82, 2.24) is 10.2 Å². The minimum absolute atomic E-state index is 0.00297. The van der Waals surface area contributed by atoms with Gasteiger partial charge in [-0.25, -0.2) is 4.39 Å². The first kappa shape index (κ1) is 25.6. The number of amides is 2. The molecule has 2 aromatic carbocycles. The maximum atomic E-state index is 13.3. The first-order chi connectivity index (χ1) is 15.8. The summed E-state index contributed by atoms with van der Waals surface area (Å²) in [6.45, 7) is 3.78. The molecule has 0 aliphatic carbocycles. The normalized spacial score (nSPS) is 11.4. The van der Waals surface area contributed by atoms with E-state index >= 15 is 0 Å². The van der Waals surface area contributed by atoms with Crippen LogP contribution in [0, 0.1) is 15.9 Å². The third-order valence-electron chi connectivity index (χ3n) is 4.97. The van der Waals surface area contributed by atoms with Gasteiger partial charge >= 0.3 is 5.69 Å². The van der Waals surface area contributed by atoms with E-state index in [1.54, 1.807) is 19.1 Å². The fourth-order valence-corrected chi connectivity index (χ4v) is 3.03. The second-order valence-corrected chi connectivity index (χ2v) is 7.35. The van der Waals surface area contributed by atoms with E-state index in [4.69, 9.17) is 9.47 Å². The number of benzene rings is 2. The Morgan fingerprint density at radius 3 is 2.52 bits per heavy atom. The summed E-state index contributed by atoms with van der Waals surface area (Å²) in [6.07, 6.45) is 1.73. The van der Waals surface area contributed by atoms with Crippen molar-refractivity contribution in [2.75, 3.05) is 20.3 Å². The van der Waals surface area contributed by atoms with Gasteiger partial charge in [0, 0.05) is 25.2 Å². The molecule has 1 N–H and O–H groups in total. The van der Waals surface area contributed by atoms with Crippen molar-refractivity contribution < 1.29 is 28.4 Å². The Hall–Kier alpha value is -3.69. The maximum absolute atomic E-state index is 13.3. The Balaban J connectivity index is 2.15. The van der Waals surface area contributed by atoms with Crippen LogP contribution in [0.3, 0.4) is 0 Å². The molecule has 1 atom stereocenters. The number of unbranched alkanes of at least 4 members (excludes halogenated alkanes) is 1. The summed E-state index contributed by atoms with van der Waals surface area (Å²) in [7, 11) is 1.29. The van der Waals surface area contributed by atoms with Crippen molar-refractivity contribution in [1.29, 1.82) is 0 Å². The number of nitrogens with zero attached hydrogens (tertiary/aromatic N) is 2. The molecule has 0 radical (unpaired) electrons. The molecule has 178 valence electrons. The summed E-state index contributed by atoms with van der Waals surface area (Å²) in [5.41, 5.74) is 0.418. The fraction of sp³-hybridized carbons (Fsp3) is 0.391. The number of nitro groups is 1. The molecule has 33 heavy (non-hydrogen) atoms. The van der Waals surface area contributed by atoms with Gasteiger partial charge in [-0.3, -0.25) is 19.7 Å². The molecular weight excluding hydrogens is 433 g/mol. The van der Waals surface area contributed by atoms with E-state index in [9.17, 15) is 24.1 Å². The van der Waals surface area contributed by atoms with Crippen molar-refractivity contribution in [3.63, 3.8) is 0 Å². The van der Waals surface area contributed by atoms with Gasteiger partial charge in [-0.1, -0.05) is 25.5 Å². The zero-order valence-corrected chi connectivity index (χ0v) is 18.9. The van der Waals surface area contributed by atoms with Gasteiger partial charge in [0.05, 0.1) is 12.0 Å². The van der Waals surface area contributed by atoms with Crippen LogP contribution in [0.5, 0.6) is 11.5 Å². The Labute approximate surface area is 191 Å². The van der Waals surface area contributed by atoms with Gasteiger partial charge in [0.1, 0.15) is 17.6 Å². The van der Waals surface area contributed by atoms with Gasteiger partial charge < -0.3 is 19.7 Å². The molecule has 2 rings (SSSR count). The molecule has 2 aromatic rings. The van der Waals surface area contributed by atoms with Gasteiger partial charge in [0.2, 0.25) is 11.7 Å². The van der Waals surface area contributed by atoms with Crippen LogP contribution in [0.4, 0.5) is 10.1 Å². The van der Waals surface area contributed by atoms with E-state index < -0.39 is 29.3 Å². The largest absolute Gasteiger partial charge is 0.490 e. The second kappa shape index (κ2) is 12.4. The molecule has 0 aromatic heterocycles. The number of carbonyl (C=O) groups is 2. The molecule has 0 fully saturated rings. The molecule has 0 unspecified atom stereocenters. The number of halogens is 1. The van der Waals surface area contributed by atoms with Crippen LogP contribution >= 0.6 is 0 Å². The van der Waals surface area contributed by atoms with Gasteiger partial charge in [-0.05, 0) is 37.1 Å². The predicted octanol–water partition coefficient (Wildman–Crippen LogP) is 3.45. The van der Waals surface area contributed by atoms with Gasteiger partial charge in [-0.15, -0.1) is 0 Å². The Kier molecular flexibility index (Phi) is 9.59. The van der Waals surface area contributed by atoms with Crippen molar-refractivity contribution >= 4 is 17.5 Å². The lowest BCUT2D eigenvalue weighted by molar-refractivity contribution is -0.385. The third-order valence-corrected chi connectivity index (χ3v) is 4.97. The molecule has 0 spiro atoms. The van der Waals surface area contributed by atoms with Gasteiger partial charge in [0.15, 0.2) is 6.61 Å². The molecule has 2 amide bonds. The average Bonchev–Trinajstić information content (AvgIpc) is 2.81. The van der Waals surface area contributed by atoms with Crippen LogP contribution in [0.15, 0.2) is 42.5 Å². The standard InChI is InChI=1S/C23H28FN3O6/c1-4-5-12-25-23(29)16(2)26(14-17-6-8-18(24)9-7-17)22(28)15-33-19-10-11-20(27(30)31)21(13-19)32-3/h6-11,13,16H,4-5,12,14-15H2,1-3H3,(H,25,29)/t16-/m0/s1. The molecule has 0 bridgehead atoms. The van der Waals surface area contributed by atoms with Crippen molar-refractivity contribution in [3.8, 4) is 11.5 Å². The number of hydrogen-bond acceptors (Lipinski definition) is 6. The molecule has 0 aliphatic rings. The zero-order valence-electron chi connectivity index (χ0n) is 18.9. The van der Waals surface area contributed by atoms with Crippen molar-refractivity contribution in [2.45, 2.75) is 39.3 Å². The highest BCUT2D eigenvalue weighted by Crippen LogP contribution is 2.30. The van der Waals surface area contributed by atoms with Gasteiger partial charge in [0.25, 0.3) is 5.91 Å². The number of methoxy groups -OCH3 is 1. The average molecular weight is 461 g/mol. The van der Waals surface area contributed by atoms with E-state index in [1.165, 1.54) is 42.3 Å². The Bertz CT molecular complexity index is 967. The number of nitrogens with one attached hydrogen (secondary N) is 1. The summed E-state index contributed by atoms with van der Waals surface area (Å²) in [5.74, 6) is -0.993. The summed E-state index contributed by atoms with van der Waals surface area (Å²) in [5, 5.41) is 13.8. The fourth-order valence-electron chi connectivity index (χ4n) is 3.03. The molecular formula is C23H28FN3O6. The minimum atomic E-state index is -0.797. The van der Waals surface area contributed by atoms with Crippen LogP contribution in [0.2, 0.25) is 0 Å². The third kappa shape index (κ3) is 7.44. The highest BCUT2D eigenvalue weighted by Gasteiger charge is 2.26. The SMILES string of the molecule is CCCCNC(=O)[C@H](C)N(Cc1ccc(F)cc1)C(=O)COc1ccc([N+](=O)[O-])c(OC)c1. The van der Waals surface area contributed by atoms with E-state index in [-0.39, 0.29) is 29.6 Å². The summed E-state index contributed by atoms with van der Waals surface area (Å²) in [4.78, 5) is 37.4. The maximum Gasteiger partial charge on any atom is 0.311 e. The van der Waals surface area contributed by atoms with Crippen LogP contribution in [-0.2, 0) is 16.1 Å². The van der Waals surface area contributed by atoms with E-state index in [1.807, 2.05) is 6.92 Å². The summed E-state index contributed by atoms with van der Waals surface area (Å²) < 4.78 is 23.8. The quantitative estimate of drug-likeness (QED) is 0.294. The zero-order chi connectivity index (χ0) is 24.4. The first-order valence-electron chi connectivity index (χ1n) is 10.5. The highest BCUT2D eigenvalue weighted by atomic mass is 19.1. The van der Waals surface area contributed by atoms with Crippen LogP contribution in [0.1, 0.15) is 32.3 Å².